The van der Waals surface area contributed by atoms with E-state index >= 15 is 0 Å². The predicted octanol–water partition coefficient (Wildman–Crippen LogP) is 4.13. The summed E-state index contributed by atoms with van der Waals surface area (Å²) in [4.78, 5) is 53.3. The van der Waals surface area contributed by atoms with Crippen molar-refractivity contribution in [1.29, 1.82) is 0 Å². The molecule has 1 aromatic rings. The van der Waals surface area contributed by atoms with Gasteiger partial charge in [-0.2, -0.15) is 0 Å². The van der Waals surface area contributed by atoms with Crippen LogP contribution in [0, 0.1) is 6.92 Å². The van der Waals surface area contributed by atoms with Crippen LogP contribution in [0.5, 0.6) is 0 Å². The van der Waals surface area contributed by atoms with Gasteiger partial charge in [0.1, 0.15) is 17.7 Å². The maximum atomic E-state index is 13.9. The largest absolute Gasteiger partial charge is 0.444 e. The average molecular weight is 519 g/mol. The summed E-state index contributed by atoms with van der Waals surface area (Å²) in [5.74, 6) is -1.62. The minimum absolute atomic E-state index is 0.282. The molecule has 0 aliphatic rings. The fraction of sp³-hybridized carbons (Fsp3) is 0.643. The molecule has 0 aliphatic carbocycles. The molecule has 9 heteroatoms. The fourth-order valence-electron chi connectivity index (χ4n) is 3.83. The Bertz CT molecular complexity index is 880. The number of carbonyl (C=O) groups excluding carboxylic acids is 4. The van der Waals surface area contributed by atoms with E-state index in [1.807, 2.05) is 38.1 Å². The number of rotatable bonds is 15. The summed E-state index contributed by atoms with van der Waals surface area (Å²) < 4.78 is 5.31. The Morgan fingerprint density at radius 3 is 2.14 bits per heavy atom. The van der Waals surface area contributed by atoms with E-state index in [4.69, 9.17) is 10.5 Å². The molecule has 0 saturated heterocycles. The fourth-order valence-corrected chi connectivity index (χ4v) is 3.83. The highest BCUT2D eigenvalue weighted by atomic mass is 16.6. The number of carbonyl (C=O) groups is 4. The second-order valence-electron chi connectivity index (χ2n) is 10.4. The molecule has 208 valence electrons. The lowest BCUT2D eigenvalue weighted by Crippen LogP contribution is -2.54. The number of hydrogen-bond donors (Lipinski definition) is 3. The van der Waals surface area contributed by atoms with Crippen molar-refractivity contribution in [1.82, 2.24) is 15.5 Å². The number of ether oxygens (including phenoxy) is 1. The van der Waals surface area contributed by atoms with E-state index in [1.54, 1.807) is 20.8 Å². The summed E-state index contributed by atoms with van der Waals surface area (Å²) >= 11 is 0. The molecule has 0 saturated carbocycles. The maximum absolute atomic E-state index is 13.9. The van der Waals surface area contributed by atoms with E-state index in [0.717, 1.165) is 37.7 Å². The summed E-state index contributed by atoms with van der Waals surface area (Å²) in [6.07, 6.45) is 4.01. The van der Waals surface area contributed by atoms with Crippen LogP contribution < -0.4 is 16.4 Å². The molecule has 1 rings (SSSR count). The Labute approximate surface area is 221 Å². The van der Waals surface area contributed by atoms with Crippen LogP contribution in [0.15, 0.2) is 24.3 Å². The van der Waals surface area contributed by atoms with Gasteiger partial charge >= 0.3 is 6.09 Å². The third-order valence-electron chi connectivity index (χ3n) is 5.71. The molecule has 4 amide bonds. The Morgan fingerprint density at radius 1 is 0.973 bits per heavy atom. The normalized spacial score (nSPS) is 12.8. The lowest BCUT2D eigenvalue weighted by molar-refractivity contribution is -0.143. The van der Waals surface area contributed by atoms with Gasteiger partial charge in [-0.3, -0.25) is 14.4 Å². The van der Waals surface area contributed by atoms with Gasteiger partial charge in [0.25, 0.3) is 0 Å². The van der Waals surface area contributed by atoms with Crippen molar-refractivity contribution in [3.63, 3.8) is 0 Å². The number of hydrogen-bond acceptors (Lipinski definition) is 5. The van der Waals surface area contributed by atoms with E-state index in [1.165, 1.54) is 4.90 Å². The van der Waals surface area contributed by atoms with Crippen molar-refractivity contribution in [2.45, 2.75) is 104 Å². The van der Waals surface area contributed by atoms with Crippen LogP contribution in [0.25, 0.3) is 0 Å². The van der Waals surface area contributed by atoms with Crippen LogP contribution in [-0.2, 0) is 19.1 Å². The van der Waals surface area contributed by atoms with Crippen LogP contribution in [0.1, 0.15) is 96.7 Å². The number of nitrogens with two attached hydrogens (primary N) is 1. The van der Waals surface area contributed by atoms with E-state index in [0.29, 0.717) is 18.5 Å². The van der Waals surface area contributed by atoms with Crippen LogP contribution in [0.4, 0.5) is 4.79 Å². The molecule has 0 radical (unpaired) electrons. The van der Waals surface area contributed by atoms with Crippen molar-refractivity contribution in [3.8, 4) is 0 Å². The van der Waals surface area contributed by atoms with Crippen molar-refractivity contribution in [2.75, 3.05) is 13.1 Å². The van der Waals surface area contributed by atoms with Gasteiger partial charge in [-0.05, 0) is 46.1 Å². The van der Waals surface area contributed by atoms with Gasteiger partial charge in [-0.15, -0.1) is 0 Å². The number of primary amides is 1. The monoisotopic (exact) mass is 518 g/mol. The molecule has 4 N–H and O–H groups in total. The predicted molar refractivity (Wildman–Crippen MR) is 145 cm³/mol. The molecule has 1 aromatic carbocycles. The molecular formula is C28H46N4O5. The molecule has 37 heavy (non-hydrogen) atoms. The van der Waals surface area contributed by atoms with E-state index < -0.39 is 42.0 Å². The van der Waals surface area contributed by atoms with Crippen LogP contribution >= 0.6 is 0 Å². The van der Waals surface area contributed by atoms with Gasteiger partial charge in [0.15, 0.2) is 0 Å². The van der Waals surface area contributed by atoms with E-state index in [9.17, 15) is 19.2 Å². The summed E-state index contributed by atoms with van der Waals surface area (Å²) in [5.41, 5.74) is 6.31. The van der Waals surface area contributed by atoms with Crippen LogP contribution in [-0.4, -0.2) is 53.4 Å². The van der Waals surface area contributed by atoms with Crippen molar-refractivity contribution >= 4 is 23.8 Å². The molecule has 2 atom stereocenters. The third-order valence-corrected chi connectivity index (χ3v) is 5.71. The van der Waals surface area contributed by atoms with Gasteiger partial charge in [-0.1, -0.05) is 69.4 Å². The molecule has 0 aliphatic heterocycles. The minimum Gasteiger partial charge on any atom is -0.444 e. The van der Waals surface area contributed by atoms with E-state index in [2.05, 4.69) is 17.6 Å². The van der Waals surface area contributed by atoms with E-state index in [-0.39, 0.29) is 12.5 Å². The summed E-state index contributed by atoms with van der Waals surface area (Å²) in [6.45, 7) is 11.9. The van der Waals surface area contributed by atoms with Gasteiger partial charge < -0.3 is 26.0 Å². The zero-order chi connectivity index (χ0) is 28.0. The van der Waals surface area contributed by atoms with Crippen LogP contribution in [0.2, 0.25) is 0 Å². The minimum atomic E-state index is -1.27. The lowest BCUT2D eigenvalue weighted by atomic mass is 10.00. The highest BCUT2D eigenvalue weighted by Gasteiger charge is 2.36. The highest BCUT2D eigenvalue weighted by molar-refractivity contribution is 5.94. The zero-order valence-corrected chi connectivity index (χ0v) is 23.4. The smallest absolute Gasteiger partial charge is 0.408 e. The molecule has 0 heterocycles. The Balaban J connectivity index is 3.43. The summed E-state index contributed by atoms with van der Waals surface area (Å²) in [6, 6.07) is 5.24. The van der Waals surface area contributed by atoms with Crippen molar-refractivity contribution in [3.05, 3.63) is 35.4 Å². The summed E-state index contributed by atoms with van der Waals surface area (Å²) in [5, 5.41) is 5.46. The zero-order valence-electron chi connectivity index (χ0n) is 23.4. The first-order chi connectivity index (χ1) is 17.4. The molecule has 0 spiro atoms. The number of aryl methyl sites for hydroxylation is 1. The SMILES string of the molecule is CCCCCCN(C(=O)C(CC(N)=O)NC(=O)OC(C)(C)C)C(C(=O)NCCCC)c1ccc(C)cc1. The van der Waals surface area contributed by atoms with Gasteiger partial charge in [-0.25, -0.2) is 4.79 Å². The number of alkyl carbamates (subject to hydrolysis) is 1. The van der Waals surface area contributed by atoms with Gasteiger partial charge in [0, 0.05) is 13.1 Å². The first-order valence-corrected chi connectivity index (χ1v) is 13.3. The van der Waals surface area contributed by atoms with Crippen LogP contribution in [0.3, 0.4) is 0 Å². The second-order valence-corrected chi connectivity index (χ2v) is 10.4. The number of nitrogens with zero attached hydrogens (tertiary/aromatic N) is 1. The van der Waals surface area contributed by atoms with Crippen molar-refractivity contribution < 1.29 is 23.9 Å². The third kappa shape index (κ3) is 12.1. The number of nitrogens with one attached hydrogen (secondary N) is 2. The van der Waals surface area contributed by atoms with Gasteiger partial charge in [0.05, 0.1) is 6.42 Å². The molecule has 2 unspecified atom stereocenters. The number of amides is 4. The number of benzene rings is 1. The number of unbranched alkanes of at least 4 members (excludes halogenated alkanes) is 4. The van der Waals surface area contributed by atoms with Crippen molar-refractivity contribution in [2.24, 2.45) is 5.73 Å². The molecule has 0 fully saturated rings. The first-order valence-electron chi connectivity index (χ1n) is 13.3. The summed E-state index contributed by atoms with van der Waals surface area (Å²) in [7, 11) is 0. The first kappa shape index (κ1) is 31.9. The quantitative estimate of drug-likeness (QED) is 0.301. The average Bonchev–Trinajstić information content (AvgIpc) is 2.79. The molecule has 0 bridgehead atoms. The second kappa shape index (κ2) is 15.9. The Morgan fingerprint density at radius 2 is 1.59 bits per heavy atom. The van der Waals surface area contributed by atoms with Gasteiger partial charge in [0.2, 0.25) is 17.7 Å². The molecular weight excluding hydrogens is 472 g/mol. The topological polar surface area (TPSA) is 131 Å². The maximum Gasteiger partial charge on any atom is 0.408 e. The Kier molecular flexibility index (Phi) is 13.7. The molecule has 9 nitrogen and oxygen atoms in total. The molecule has 0 aromatic heterocycles. The lowest BCUT2D eigenvalue weighted by Gasteiger charge is -2.34. The highest BCUT2D eigenvalue weighted by Crippen LogP contribution is 2.25. The Hall–Kier alpha value is -3.10. The standard InChI is InChI=1S/C28H46N4O5/c1-7-9-11-12-18-32(26(35)22(19-23(29)33)31-27(36)37-28(4,5)6)24(25(34)30-17-10-8-2)21-15-13-20(3)14-16-21/h13-16,22,24H,7-12,17-19H2,1-6H3,(H2,29,33)(H,30,34)(H,31,36).